The number of aromatic nitrogens is 4. The van der Waals surface area contributed by atoms with E-state index in [9.17, 15) is 13.2 Å². The van der Waals surface area contributed by atoms with E-state index in [1.807, 2.05) is 41.3 Å². The standard InChI is InChI=1S/C31H34F3N5O2/c1-20-18-39(29-35-15-13-26(36-29)31(32,33)34)19-23(20)17-21-5-11-25(12-6-21)40-16-14-27-37-28(41-38-27)22-7-9-24(10-8-22)30(2,3)4/h5-13,15,20,23H,14,16-19H2,1-4H3/t20-,23+/m0/s1. The zero-order valence-electron chi connectivity index (χ0n) is 23.7. The third-order valence-corrected chi connectivity index (χ3v) is 7.47. The van der Waals surface area contributed by atoms with E-state index in [1.54, 1.807) is 0 Å². The van der Waals surface area contributed by atoms with Gasteiger partial charge in [-0.25, -0.2) is 9.97 Å². The second-order valence-corrected chi connectivity index (χ2v) is 11.7. The first-order valence-corrected chi connectivity index (χ1v) is 13.8. The Morgan fingerprint density at radius 2 is 1.68 bits per heavy atom. The van der Waals surface area contributed by atoms with Crippen LogP contribution in [0.25, 0.3) is 11.5 Å². The SMILES string of the molecule is C[C@H]1CN(c2nccc(C(F)(F)F)n2)C[C@H]1Cc1ccc(OCCc2noc(-c3ccc(C(C)(C)C)cc3)n2)cc1. The zero-order chi connectivity index (χ0) is 29.2. The van der Waals surface area contributed by atoms with E-state index in [4.69, 9.17) is 9.26 Å². The molecule has 0 amide bonds. The first kappa shape index (κ1) is 28.6. The number of halogens is 3. The molecule has 0 spiro atoms. The summed E-state index contributed by atoms with van der Waals surface area (Å²) in [5.41, 5.74) is 2.43. The van der Waals surface area contributed by atoms with Crippen molar-refractivity contribution in [3.05, 3.63) is 83.4 Å². The van der Waals surface area contributed by atoms with Gasteiger partial charge in [0.15, 0.2) is 5.82 Å². The molecule has 1 saturated heterocycles. The van der Waals surface area contributed by atoms with Crippen molar-refractivity contribution >= 4 is 5.95 Å². The Bertz CT molecular complexity index is 1450. The van der Waals surface area contributed by atoms with Gasteiger partial charge in [-0.2, -0.15) is 18.2 Å². The van der Waals surface area contributed by atoms with Crippen LogP contribution in [0.2, 0.25) is 0 Å². The fraction of sp³-hybridized carbons (Fsp3) is 0.419. The van der Waals surface area contributed by atoms with E-state index in [1.165, 1.54) is 11.8 Å². The predicted octanol–water partition coefficient (Wildman–Crippen LogP) is 6.78. The van der Waals surface area contributed by atoms with Crippen LogP contribution >= 0.6 is 0 Å². The normalized spacial score (nSPS) is 17.7. The summed E-state index contributed by atoms with van der Waals surface area (Å²) in [7, 11) is 0. The highest BCUT2D eigenvalue weighted by Gasteiger charge is 2.35. The fourth-order valence-corrected chi connectivity index (χ4v) is 4.99. The van der Waals surface area contributed by atoms with E-state index in [0.717, 1.165) is 29.4 Å². The van der Waals surface area contributed by atoms with Crippen LogP contribution in [0.1, 0.15) is 50.3 Å². The molecule has 2 aromatic heterocycles. The number of ether oxygens (including phenoxy) is 1. The Kier molecular flexibility index (Phi) is 8.02. The molecule has 4 aromatic rings. The number of nitrogens with zero attached hydrogens (tertiary/aromatic N) is 5. The predicted molar refractivity (Wildman–Crippen MR) is 150 cm³/mol. The van der Waals surface area contributed by atoms with Crippen molar-refractivity contribution in [3.63, 3.8) is 0 Å². The average molecular weight is 566 g/mol. The molecule has 216 valence electrons. The zero-order valence-corrected chi connectivity index (χ0v) is 23.7. The Labute approximate surface area is 237 Å². The molecule has 3 heterocycles. The lowest BCUT2D eigenvalue weighted by Crippen LogP contribution is -2.24. The quantitative estimate of drug-likeness (QED) is 0.233. The first-order chi connectivity index (χ1) is 19.5. The highest BCUT2D eigenvalue weighted by molar-refractivity contribution is 5.53. The summed E-state index contributed by atoms with van der Waals surface area (Å²) in [4.78, 5) is 14.2. The third-order valence-electron chi connectivity index (χ3n) is 7.47. The van der Waals surface area contributed by atoms with Gasteiger partial charge < -0.3 is 14.2 Å². The second kappa shape index (κ2) is 11.5. The van der Waals surface area contributed by atoms with Crippen molar-refractivity contribution in [2.24, 2.45) is 11.8 Å². The maximum absolute atomic E-state index is 13.1. The maximum Gasteiger partial charge on any atom is 0.433 e. The minimum Gasteiger partial charge on any atom is -0.493 e. The summed E-state index contributed by atoms with van der Waals surface area (Å²) in [6.45, 7) is 10.3. The molecule has 1 fully saturated rings. The van der Waals surface area contributed by atoms with Gasteiger partial charge in [0.05, 0.1) is 6.61 Å². The summed E-state index contributed by atoms with van der Waals surface area (Å²) >= 11 is 0. The van der Waals surface area contributed by atoms with Gasteiger partial charge in [-0.15, -0.1) is 0 Å². The molecule has 0 saturated carbocycles. The monoisotopic (exact) mass is 565 g/mol. The molecule has 0 aliphatic carbocycles. The van der Waals surface area contributed by atoms with E-state index in [2.05, 4.69) is 59.9 Å². The molecule has 41 heavy (non-hydrogen) atoms. The van der Waals surface area contributed by atoms with Crippen LogP contribution in [0, 0.1) is 11.8 Å². The van der Waals surface area contributed by atoms with Gasteiger partial charge in [-0.1, -0.05) is 57.1 Å². The molecule has 2 aromatic carbocycles. The van der Waals surface area contributed by atoms with Crippen LogP contribution in [0.4, 0.5) is 19.1 Å². The minimum absolute atomic E-state index is 0.0786. The molecule has 0 N–H and O–H groups in total. The highest BCUT2D eigenvalue weighted by atomic mass is 19.4. The third kappa shape index (κ3) is 7.04. The fourth-order valence-electron chi connectivity index (χ4n) is 4.99. The molecular weight excluding hydrogens is 531 g/mol. The van der Waals surface area contributed by atoms with Gasteiger partial charge >= 0.3 is 6.18 Å². The van der Waals surface area contributed by atoms with Crippen molar-refractivity contribution in [1.29, 1.82) is 0 Å². The minimum atomic E-state index is -4.49. The Balaban J connectivity index is 1.11. The van der Waals surface area contributed by atoms with Crippen LogP contribution in [-0.4, -0.2) is 39.8 Å². The van der Waals surface area contributed by atoms with E-state index in [0.29, 0.717) is 43.8 Å². The van der Waals surface area contributed by atoms with E-state index >= 15 is 0 Å². The molecule has 1 aliphatic heterocycles. The van der Waals surface area contributed by atoms with Crippen molar-refractivity contribution in [2.75, 3.05) is 24.6 Å². The number of rotatable bonds is 8. The van der Waals surface area contributed by atoms with Gasteiger partial charge in [0, 0.05) is 31.3 Å². The molecule has 10 heteroatoms. The van der Waals surface area contributed by atoms with Crippen LogP contribution in [0.15, 0.2) is 65.3 Å². The highest BCUT2D eigenvalue weighted by Crippen LogP contribution is 2.32. The van der Waals surface area contributed by atoms with Gasteiger partial charge in [-0.3, -0.25) is 0 Å². The Hall–Kier alpha value is -3.95. The topological polar surface area (TPSA) is 77.2 Å². The molecule has 0 radical (unpaired) electrons. The molecule has 5 rings (SSSR count). The summed E-state index contributed by atoms with van der Waals surface area (Å²) in [6.07, 6.45) is -2.00. The number of alkyl halides is 3. The van der Waals surface area contributed by atoms with E-state index < -0.39 is 11.9 Å². The lowest BCUT2D eigenvalue weighted by atomic mass is 9.87. The van der Waals surface area contributed by atoms with Gasteiger partial charge in [0.25, 0.3) is 5.89 Å². The largest absolute Gasteiger partial charge is 0.493 e. The average Bonchev–Trinajstić information content (AvgIpc) is 3.56. The van der Waals surface area contributed by atoms with E-state index in [-0.39, 0.29) is 17.3 Å². The van der Waals surface area contributed by atoms with Crippen molar-refractivity contribution < 1.29 is 22.4 Å². The lowest BCUT2D eigenvalue weighted by molar-refractivity contribution is -0.141. The first-order valence-electron chi connectivity index (χ1n) is 13.8. The number of hydrogen-bond acceptors (Lipinski definition) is 7. The van der Waals surface area contributed by atoms with Crippen LogP contribution in [0.3, 0.4) is 0 Å². The number of hydrogen-bond donors (Lipinski definition) is 0. The van der Waals surface area contributed by atoms with Crippen LogP contribution in [0.5, 0.6) is 5.75 Å². The van der Waals surface area contributed by atoms with Crippen LogP contribution < -0.4 is 9.64 Å². The maximum atomic E-state index is 13.1. The van der Waals surface area contributed by atoms with Crippen LogP contribution in [-0.2, 0) is 24.4 Å². The van der Waals surface area contributed by atoms with Crippen molar-refractivity contribution in [3.8, 4) is 17.2 Å². The van der Waals surface area contributed by atoms with Gasteiger partial charge in [-0.05, 0) is 65.1 Å². The molecule has 7 nitrogen and oxygen atoms in total. The van der Waals surface area contributed by atoms with Crippen molar-refractivity contribution in [1.82, 2.24) is 20.1 Å². The molecule has 0 bridgehead atoms. The smallest absolute Gasteiger partial charge is 0.433 e. The summed E-state index contributed by atoms with van der Waals surface area (Å²) in [5.74, 6) is 2.52. The summed E-state index contributed by atoms with van der Waals surface area (Å²) < 4.78 is 50.6. The molecular formula is C31H34F3N5O2. The molecule has 1 aliphatic rings. The summed E-state index contributed by atoms with van der Waals surface area (Å²) in [5, 5.41) is 4.08. The number of benzene rings is 2. The second-order valence-electron chi connectivity index (χ2n) is 11.7. The molecule has 0 unspecified atom stereocenters. The molecule has 2 atom stereocenters. The lowest BCUT2D eigenvalue weighted by Gasteiger charge is -2.18. The van der Waals surface area contributed by atoms with Gasteiger partial charge in [0.2, 0.25) is 5.95 Å². The van der Waals surface area contributed by atoms with Crippen molar-refractivity contribution in [2.45, 2.75) is 52.1 Å². The Morgan fingerprint density at radius 1 is 0.951 bits per heavy atom. The van der Waals surface area contributed by atoms with Gasteiger partial charge in [0.1, 0.15) is 11.4 Å². The summed E-state index contributed by atoms with van der Waals surface area (Å²) in [6, 6.07) is 17.0. The number of anilines is 1. The Morgan fingerprint density at radius 3 is 2.37 bits per heavy atom.